The first kappa shape index (κ1) is 20.4. The molecule has 1 aliphatic rings. The predicted octanol–water partition coefficient (Wildman–Crippen LogP) is 2.42. The quantitative estimate of drug-likeness (QED) is 0.588. The van der Waals surface area contributed by atoms with E-state index in [2.05, 4.69) is 58.4 Å². The van der Waals surface area contributed by atoms with Gasteiger partial charge in [-0.25, -0.2) is 4.98 Å². The summed E-state index contributed by atoms with van der Waals surface area (Å²) in [4.78, 5) is 11.3. The number of oxazole rings is 1. The van der Waals surface area contributed by atoms with Gasteiger partial charge in [0.05, 0.1) is 25.5 Å². The van der Waals surface area contributed by atoms with Gasteiger partial charge in [-0.1, -0.05) is 17.7 Å². The fraction of sp³-hybridized carbons (Fsp3) is 0.524. The zero-order valence-corrected chi connectivity index (χ0v) is 17.2. The third-order valence-electron chi connectivity index (χ3n) is 5.06. The molecule has 0 bridgehead atoms. The van der Waals surface area contributed by atoms with Gasteiger partial charge in [0.25, 0.3) is 0 Å². The van der Waals surface area contributed by atoms with Crippen LogP contribution >= 0.6 is 0 Å². The zero-order valence-electron chi connectivity index (χ0n) is 17.2. The summed E-state index contributed by atoms with van der Waals surface area (Å²) in [5, 5.41) is 6.70. The van der Waals surface area contributed by atoms with Gasteiger partial charge in [-0.05, 0) is 32.9 Å². The van der Waals surface area contributed by atoms with E-state index in [9.17, 15) is 0 Å². The van der Waals surface area contributed by atoms with E-state index >= 15 is 0 Å². The van der Waals surface area contributed by atoms with Crippen LogP contribution in [0.15, 0.2) is 39.9 Å². The number of rotatable bonds is 6. The van der Waals surface area contributed by atoms with Crippen LogP contribution in [0.4, 0.5) is 0 Å². The molecule has 7 heteroatoms. The molecule has 2 unspecified atom stereocenters. The summed E-state index contributed by atoms with van der Waals surface area (Å²) < 4.78 is 11.1. The number of hydrogen-bond donors (Lipinski definition) is 2. The Hall–Kier alpha value is -2.38. The van der Waals surface area contributed by atoms with Crippen molar-refractivity contribution in [3.8, 4) is 11.5 Å². The molecule has 2 aromatic rings. The van der Waals surface area contributed by atoms with Crippen molar-refractivity contribution in [3.05, 3.63) is 41.8 Å². The lowest BCUT2D eigenvalue weighted by Gasteiger charge is -2.38. The van der Waals surface area contributed by atoms with E-state index in [0.717, 1.165) is 43.5 Å². The van der Waals surface area contributed by atoms with E-state index < -0.39 is 0 Å². The number of aliphatic imine (C=N–C) groups is 1. The summed E-state index contributed by atoms with van der Waals surface area (Å²) in [6.07, 6.45) is 1.69. The Morgan fingerprint density at radius 1 is 1.32 bits per heavy atom. The molecule has 0 radical (unpaired) electrons. The molecule has 2 heterocycles. The Bertz CT molecular complexity index is 771. The van der Waals surface area contributed by atoms with Gasteiger partial charge in [0.2, 0.25) is 5.89 Å². The third kappa shape index (κ3) is 5.33. The highest BCUT2D eigenvalue weighted by molar-refractivity contribution is 5.79. The van der Waals surface area contributed by atoms with Crippen LogP contribution in [-0.4, -0.2) is 61.3 Å². The molecular weight excluding hydrogens is 354 g/mol. The number of aromatic nitrogens is 1. The minimum atomic E-state index is 0.401. The molecule has 1 aliphatic heterocycles. The van der Waals surface area contributed by atoms with Gasteiger partial charge < -0.3 is 19.8 Å². The Balaban J connectivity index is 1.48. The average molecular weight is 386 g/mol. The number of aryl methyl sites for hydroxylation is 1. The number of guanidine groups is 1. The number of morpholine rings is 1. The molecule has 28 heavy (non-hydrogen) atoms. The van der Waals surface area contributed by atoms with E-state index in [4.69, 9.17) is 9.15 Å². The monoisotopic (exact) mass is 385 g/mol. The molecular formula is C21H31N5O2. The van der Waals surface area contributed by atoms with Gasteiger partial charge in [-0.3, -0.25) is 9.89 Å². The van der Waals surface area contributed by atoms with Crippen molar-refractivity contribution in [2.24, 2.45) is 4.99 Å². The molecule has 1 aromatic heterocycles. The van der Waals surface area contributed by atoms with Gasteiger partial charge in [-0.15, -0.1) is 0 Å². The highest BCUT2D eigenvalue weighted by Crippen LogP contribution is 2.19. The molecule has 1 aromatic carbocycles. The lowest BCUT2D eigenvalue weighted by atomic mass is 10.1. The third-order valence-corrected chi connectivity index (χ3v) is 5.06. The molecule has 152 valence electrons. The molecule has 0 saturated carbocycles. The molecule has 2 N–H and O–H groups in total. The highest BCUT2D eigenvalue weighted by Gasteiger charge is 2.23. The number of nitrogens with zero attached hydrogens (tertiary/aromatic N) is 3. The number of ether oxygens (including phenoxy) is 1. The number of benzene rings is 1. The zero-order chi connectivity index (χ0) is 19.9. The van der Waals surface area contributed by atoms with Crippen LogP contribution in [0.1, 0.15) is 25.1 Å². The first-order chi connectivity index (χ1) is 13.6. The average Bonchev–Trinajstić information content (AvgIpc) is 3.18. The van der Waals surface area contributed by atoms with Crippen LogP contribution in [0.2, 0.25) is 0 Å². The van der Waals surface area contributed by atoms with E-state index in [1.54, 1.807) is 13.3 Å². The van der Waals surface area contributed by atoms with Crippen LogP contribution in [0, 0.1) is 6.92 Å². The van der Waals surface area contributed by atoms with Gasteiger partial charge in [0.15, 0.2) is 5.96 Å². The Morgan fingerprint density at radius 2 is 2.11 bits per heavy atom. The van der Waals surface area contributed by atoms with E-state index in [1.807, 2.05) is 12.1 Å². The number of nitrogens with one attached hydrogen (secondary N) is 2. The molecule has 7 nitrogen and oxygen atoms in total. The Morgan fingerprint density at radius 3 is 2.82 bits per heavy atom. The largest absolute Gasteiger partial charge is 0.444 e. The van der Waals surface area contributed by atoms with Crippen molar-refractivity contribution in [3.63, 3.8) is 0 Å². The van der Waals surface area contributed by atoms with Gasteiger partial charge in [0.1, 0.15) is 6.26 Å². The molecule has 1 saturated heterocycles. The van der Waals surface area contributed by atoms with Crippen LogP contribution in [0.3, 0.4) is 0 Å². The van der Waals surface area contributed by atoms with Crippen LogP contribution in [0.25, 0.3) is 11.5 Å². The van der Waals surface area contributed by atoms with Gasteiger partial charge in [0, 0.05) is 37.8 Å². The van der Waals surface area contributed by atoms with Crippen molar-refractivity contribution in [1.82, 2.24) is 20.5 Å². The lowest BCUT2D eigenvalue weighted by Crippen LogP contribution is -2.52. The second kappa shape index (κ2) is 9.71. The SMILES string of the molecule is CN=C(NCc1coc(-c2ccc(C)cc2)n1)NCC(C)N1CCOCC1C. The Labute approximate surface area is 167 Å². The summed E-state index contributed by atoms with van der Waals surface area (Å²) in [6, 6.07) is 8.99. The van der Waals surface area contributed by atoms with E-state index in [1.165, 1.54) is 5.56 Å². The normalized spacial score (nSPS) is 19.4. The van der Waals surface area contributed by atoms with Crippen LogP contribution in [-0.2, 0) is 11.3 Å². The number of hydrogen-bond acceptors (Lipinski definition) is 5. The van der Waals surface area contributed by atoms with Gasteiger partial charge >= 0.3 is 0 Å². The maximum Gasteiger partial charge on any atom is 0.226 e. The molecule has 0 aliphatic carbocycles. The standard InChI is InChI=1S/C21H31N5O2/c1-15-5-7-18(8-6-15)20-25-19(14-28-20)12-24-21(22-4)23-11-16(2)26-9-10-27-13-17(26)3/h5-8,14,16-17H,9-13H2,1-4H3,(H2,22,23,24). The van der Waals surface area contributed by atoms with Crippen molar-refractivity contribution < 1.29 is 9.15 Å². The van der Waals surface area contributed by atoms with Crippen molar-refractivity contribution >= 4 is 5.96 Å². The minimum Gasteiger partial charge on any atom is -0.444 e. The minimum absolute atomic E-state index is 0.401. The van der Waals surface area contributed by atoms with Crippen molar-refractivity contribution in [2.45, 2.75) is 39.4 Å². The second-order valence-electron chi connectivity index (χ2n) is 7.33. The molecule has 0 amide bonds. The summed E-state index contributed by atoms with van der Waals surface area (Å²) >= 11 is 0. The summed E-state index contributed by atoms with van der Waals surface area (Å²) in [5.41, 5.74) is 3.04. The van der Waals surface area contributed by atoms with Crippen molar-refractivity contribution in [2.75, 3.05) is 33.4 Å². The van der Waals surface area contributed by atoms with E-state index in [-0.39, 0.29) is 0 Å². The summed E-state index contributed by atoms with van der Waals surface area (Å²) in [5.74, 6) is 1.39. The maximum absolute atomic E-state index is 5.62. The summed E-state index contributed by atoms with van der Waals surface area (Å²) in [7, 11) is 1.78. The predicted molar refractivity (Wildman–Crippen MR) is 111 cm³/mol. The molecule has 3 rings (SSSR count). The van der Waals surface area contributed by atoms with Crippen LogP contribution < -0.4 is 10.6 Å². The summed E-state index contributed by atoms with van der Waals surface area (Å²) in [6.45, 7) is 10.4. The Kier molecular flexibility index (Phi) is 7.06. The van der Waals surface area contributed by atoms with E-state index in [0.29, 0.717) is 24.5 Å². The van der Waals surface area contributed by atoms with Gasteiger partial charge in [-0.2, -0.15) is 0 Å². The topological polar surface area (TPSA) is 74.9 Å². The molecule has 2 atom stereocenters. The fourth-order valence-corrected chi connectivity index (χ4v) is 3.37. The fourth-order valence-electron chi connectivity index (χ4n) is 3.37. The van der Waals surface area contributed by atoms with Crippen LogP contribution in [0.5, 0.6) is 0 Å². The lowest BCUT2D eigenvalue weighted by molar-refractivity contribution is -0.0174. The molecule has 0 spiro atoms. The molecule has 1 fully saturated rings. The first-order valence-electron chi connectivity index (χ1n) is 9.86. The maximum atomic E-state index is 5.62. The smallest absolute Gasteiger partial charge is 0.226 e. The highest BCUT2D eigenvalue weighted by atomic mass is 16.5. The first-order valence-corrected chi connectivity index (χ1v) is 9.86. The van der Waals surface area contributed by atoms with Crippen molar-refractivity contribution in [1.29, 1.82) is 0 Å². The second-order valence-corrected chi connectivity index (χ2v) is 7.33.